The van der Waals surface area contributed by atoms with Crippen LogP contribution in [0.25, 0.3) is 0 Å². The van der Waals surface area contributed by atoms with Crippen LogP contribution in [0, 0.1) is 0 Å². The van der Waals surface area contributed by atoms with Gasteiger partial charge in [-0.3, -0.25) is 4.79 Å². The van der Waals surface area contributed by atoms with Gasteiger partial charge in [0.1, 0.15) is 5.75 Å². The van der Waals surface area contributed by atoms with E-state index in [4.69, 9.17) is 21.1 Å². The number of benzene rings is 1. The Morgan fingerprint density at radius 2 is 2.11 bits per heavy atom. The fourth-order valence-corrected chi connectivity index (χ4v) is 2.42. The zero-order valence-corrected chi connectivity index (χ0v) is 12.0. The highest BCUT2D eigenvalue weighted by Crippen LogP contribution is 2.29. The first-order valence-corrected chi connectivity index (χ1v) is 6.78. The van der Waals surface area contributed by atoms with Crippen LogP contribution in [0.5, 0.6) is 5.75 Å². The van der Waals surface area contributed by atoms with E-state index in [0.717, 1.165) is 12.0 Å². The van der Waals surface area contributed by atoms with Gasteiger partial charge < -0.3 is 14.4 Å². The van der Waals surface area contributed by atoms with Gasteiger partial charge in [-0.15, -0.1) is 0 Å². The normalized spacial score (nSPS) is 15.4. The van der Waals surface area contributed by atoms with E-state index in [1.54, 1.807) is 18.1 Å². The van der Waals surface area contributed by atoms with Crippen molar-refractivity contribution in [3.05, 3.63) is 28.3 Å². The van der Waals surface area contributed by atoms with Crippen molar-refractivity contribution in [1.82, 2.24) is 4.90 Å². The molecule has 0 aliphatic carbocycles. The van der Waals surface area contributed by atoms with Gasteiger partial charge in [0, 0.05) is 18.7 Å². The predicted molar refractivity (Wildman–Crippen MR) is 74.1 cm³/mol. The molecule has 0 aromatic heterocycles. The number of carbonyl (C=O) groups excluding carboxylic acids is 1. The Labute approximate surface area is 118 Å². The molecule has 0 saturated carbocycles. The largest absolute Gasteiger partial charge is 0.495 e. The molecule has 1 aromatic carbocycles. The Balaban J connectivity index is 2.32. The van der Waals surface area contributed by atoms with Crippen molar-refractivity contribution in [1.29, 1.82) is 0 Å². The quantitative estimate of drug-likeness (QED) is 0.855. The van der Waals surface area contributed by atoms with Crippen LogP contribution in [0.1, 0.15) is 22.8 Å². The van der Waals surface area contributed by atoms with Crippen molar-refractivity contribution in [2.24, 2.45) is 0 Å². The smallest absolute Gasteiger partial charge is 0.254 e. The fraction of sp³-hybridized carbons (Fsp3) is 0.500. The minimum absolute atomic E-state index is 0.0182. The van der Waals surface area contributed by atoms with Crippen molar-refractivity contribution >= 4 is 17.5 Å². The van der Waals surface area contributed by atoms with Crippen molar-refractivity contribution in [2.45, 2.75) is 13.3 Å². The number of nitrogens with zero attached hydrogens (tertiary/aromatic N) is 1. The Morgan fingerprint density at radius 1 is 1.42 bits per heavy atom. The highest BCUT2D eigenvalue weighted by molar-refractivity contribution is 6.32. The number of carbonyl (C=O) groups is 1. The van der Waals surface area contributed by atoms with E-state index in [1.165, 1.54) is 0 Å². The van der Waals surface area contributed by atoms with Gasteiger partial charge in [0.15, 0.2) is 0 Å². The van der Waals surface area contributed by atoms with E-state index in [1.807, 2.05) is 13.0 Å². The molecule has 1 heterocycles. The lowest BCUT2D eigenvalue weighted by atomic mass is 10.0. The summed E-state index contributed by atoms with van der Waals surface area (Å²) in [6.07, 6.45) is 0.763. The summed E-state index contributed by atoms with van der Waals surface area (Å²) in [5, 5.41) is 0.469. The van der Waals surface area contributed by atoms with Crippen LogP contribution in [0.3, 0.4) is 0 Å². The predicted octanol–water partition coefficient (Wildman–Crippen LogP) is 2.38. The number of aryl methyl sites for hydroxylation is 1. The first kappa shape index (κ1) is 14.2. The van der Waals surface area contributed by atoms with Gasteiger partial charge in [0.05, 0.1) is 25.3 Å². The molecule has 0 unspecified atom stereocenters. The summed E-state index contributed by atoms with van der Waals surface area (Å²) in [6, 6.07) is 3.55. The molecule has 19 heavy (non-hydrogen) atoms. The second-order valence-electron chi connectivity index (χ2n) is 4.40. The molecule has 0 spiro atoms. The van der Waals surface area contributed by atoms with E-state index >= 15 is 0 Å². The number of methoxy groups -OCH3 is 1. The summed E-state index contributed by atoms with van der Waals surface area (Å²) in [6.45, 7) is 4.46. The zero-order valence-electron chi connectivity index (χ0n) is 11.2. The van der Waals surface area contributed by atoms with Crippen LogP contribution in [0.2, 0.25) is 5.02 Å². The highest BCUT2D eigenvalue weighted by Gasteiger charge is 2.22. The van der Waals surface area contributed by atoms with Gasteiger partial charge in [-0.05, 0) is 24.1 Å². The summed E-state index contributed by atoms with van der Waals surface area (Å²) >= 11 is 6.12. The molecule has 1 fully saturated rings. The number of halogens is 1. The zero-order chi connectivity index (χ0) is 13.8. The van der Waals surface area contributed by atoms with E-state index in [-0.39, 0.29) is 5.91 Å². The third-order valence-corrected chi connectivity index (χ3v) is 3.58. The molecule has 1 aliphatic rings. The van der Waals surface area contributed by atoms with E-state index in [2.05, 4.69) is 0 Å². The lowest BCUT2D eigenvalue weighted by Crippen LogP contribution is -2.41. The van der Waals surface area contributed by atoms with Crippen LogP contribution in [-0.2, 0) is 11.2 Å². The van der Waals surface area contributed by atoms with Crippen LogP contribution in [-0.4, -0.2) is 44.2 Å². The number of hydrogen-bond donors (Lipinski definition) is 0. The standard InChI is InChI=1S/C14H18ClNO3/c1-3-10-8-13(18-2)12(15)9-11(10)14(17)16-4-6-19-7-5-16/h8-9H,3-7H2,1-2H3. The van der Waals surface area contributed by atoms with Crippen LogP contribution >= 0.6 is 11.6 Å². The average molecular weight is 284 g/mol. The average Bonchev–Trinajstić information content (AvgIpc) is 2.47. The number of amides is 1. The van der Waals surface area contributed by atoms with Gasteiger partial charge in [-0.1, -0.05) is 18.5 Å². The molecule has 2 rings (SSSR count). The number of ether oxygens (including phenoxy) is 2. The fourth-order valence-electron chi connectivity index (χ4n) is 2.18. The van der Waals surface area contributed by atoms with Gasteiger partial charge in [-0.2, -0.15) is 0 Å². The first-order chi connectivity index (χ1) is 9.17. The molecule has 0 N–H and O–H groups in total. The molecule has 0 bridgehead atoms. The Morgan fingerprint density at radius 3 is 2.68 bits per heavy atom. The third kappa shape index (κ3) is 3.01. The van der Waals surface area contributed by atoms with E-state index in [9.17, 15) is 4.79 Å². The molecule has 104 valence electrons. The van der Waals surface area contributed by atoms with Crippen LogP contribution in [0.15, 0.2) is 12.1 Å². The molecule has 0 radical (unpaired) electrons. The number of rotatable bonds is 3. The molecule has 1 saturated heterocycles. The van der Waals surface area contributed by atoms with Crippen molar-refractivity contribution in [3.8, 4) is 5.75 Å². The summed E-state index contributed by atoms with van der Waals surface area (Å²) in [5.74, 6) is 0.627. The van der Waals surface area contributed by atoms with E-state index < -0.39 is 0 Å². The summed E-state index contributed by atoms with van der Waals surface area (Å²) in [5.41, 5.74) is 1.62. The topological polar surface area (TPSA) is 38.8 Å². The van der Waals surface area contributed by atoms with Gasteiger partial charge in [-0.25, -0.2) is 0 Å². The summed E-state index contributed by atoms with van der Waals surface area (Å²) in [4.78, 5) is 14.3. The maximum absolute atomic E-state index is 12.5. The van der Waals surface area contributed by atoms with Crippen molar-refractivity contribution < 1.29 is 14.3 Å². The number of hydrogen-bond acceptors (Lipinski definition) is 3. The second kappa shape index (κ2) is 6.26. The Bertz CT molecular complexity index is 470. The minimum atomic E-state index is 0.0182. The molecule has 1 amide bonds. The monoisotopic (exact) mass is 283 g/mol. The SMILES string of the molecule is CCc1cc(OC)c(Cl)cc1C(=O)N1CCOCC1. The van der Waals surface area contributed by atoms with E-state index in [0.29, 0.717) is 42.6 Å². The molecular formula is C14H18ClNO3. The van der Waals surface area contributed by atoms with Crippen LogP contribution in [0.4, 0.5) is 0 Å². The molecular weight excluding hydrogens is 266 g/mol. The second-order valence-corrected chi connectivity index (χ2v) is 4.81. The Kier molecular flexibility index (Phi) is 4.66. The van der Waals surface area contributed by atoms with Crippen molar-refractivity contribution in [3.63, 3.8) is 0 Å². The van der Waals surface area contributed by atoms with Gasteiger partial charge in [0.2, 0.25) is 0 Å². The molecule has 5 heteroatoms. The molecule has 1 aliphatic heterocycles. The van der Waals surface area contributed by atoms with Gasteiger partial charge >= 0.3 is 0 Å². The molecule has 1 aromatic rings. The number of morpholine rings is 1. The summed E-state index contributed by atoms with van der Waals surface area (Å²) < 4.78 is 10.5. The third-order valence-electron chi connectivity index (χ3n) is 3.29. The highest BCUT2D eigenvalue weighted by atomic mass is 35.5. The lowest BCUT2D eigenvalue weighted by molar-refractivity contribution is 0.0302. The van der Waals surface area contributed by atoms with Crippen molar-refractivity contribution in [2.75, 3.05) is 33.4 Å². The minimum Gasteiger partial charge on any atom is -0.495 e. The Hall–Kier alpha value is -1.26. The lowest BCUT2D eigenvalue weighted by Gasteiger charge is -2.27. The van der Waals surface area contributed by atoms with Gasteiger partial charge in [0.25, 0.3) is 5.91 Å². The molecule has 0 atom stereocenters. The maximum Gasteiger partial charge on any atom is 0.254 e. The molecule has 4 nitrogen and oxygen atoms in total. The maximum atomic E-state index is 12.5. The van der Waals surface area contributed by atoms with Crippen LogP contribution < -0.4 is 4.74 Å². The first-order valence-electron chi connectivity index (χ1n) is 6.40. The summed E-state index contributed by atoms with van der Waals surface area (Å²) in [7, 11) is 1.57.